The molecule has 0 bridgehead atoms. The van der Waals surface area contributed by atoms with Crippen molar-refractivity contribution in [2.24, 2.45) is 0 Å². The van der Waals surface area contributed by atoms with Crippen molar-refractivity contribution >= 4 is 22.5 Å². The number of hydrogen-bond donors (Lipinski definition) is 3. The largest absolute Gasteiger partial charge is 0.506 e. The van der Waals surface area contributed by atoms with E-state index in [4.69, 9.17) is 0 Å². The van der Waals surface area contributed by atoms with Crippen LogP contribution in [-0.2, 0) is 0 Å². The zero-order valence-corrected chi connectivity index (χ0v) is 11.3. The summed E-state index contributed by atoms with van der Waals surface area (Å²) >= 11 is 0. The average Bonchev–Trinajstić information content (AvgIpc) is 2.87. The average molecular weight is 284 g/mol. The highest BCUT2D eigenvalue weighted by molar-refractivity contribution is 6.06. The van der Waals surface area contributed by atoms with Crippen molar-refractivity contribution in [2.45, 2.75) is 6.92 Å². The first-order valence-electron chi connectivity index (χ1n) is 6.43. The summed E-state index contributed by atoms with van der Waals surface area (Å²) in [6.45, 7) is 1.84. The van der Waals surface area contributed by atoms with Crippen molar-refractivity contribution in [1.82, 2.24) is 4.98 Å². The monoisotopic (exact) mass is 284 g/mol. The predicted molar refractivity (Wildman–Crippen MR) is 79.1 cm³/mol. The maximum absolute atomic E-state index is 13.6. The Balaban J connectivity index is 1.92. The van der Waals surface area contributed by atoms with Crippen LogP contribution in [0.4, 0.5) is 10.1 Å². The minimum absolute atomic E-state index is 0.00867. The quantitative estimate of drug-likeness (QED) is 0.630. The lowest BCUT2D eigenvalue weighted by atomic mass is 10.2. The fourth-order valence-electron chi connectivity index (χ4n) is 2.18. The smallest absolute Gasteiger partial charge is 0.272 e. The molecule has 0 unspecified atom stereocenters. The van der Waals surface area contributed by atoms with Crippen molar-refractivity contribution in [3.63, 3.8) is 0 Å². The molecule has 0 fully saturated rings. The van der Waals surface area contributed by atoms with E-state index >= 15 is 0 Å². The lowest BCUT2D eigenvalue weighted by Crippen LogP contribution is -2.12. The number of phenols is 1. The number of carbonyl (C=O) groups is 1. The van der Waals surface area contributed by atoms with E-state index in [-0.39, 0.29) is 17.3 Å². The molecule has 0 aliphatic carbocycles. The van der Waals surface area contributed by atoms with E-state index < -0.39 is 5.91 Å². The maximum Gasteiger partial charge on any atom is 0.272 e. The van der Waals surface area contributed by atoms with Gasteiger partial charge in [0.1, 0.15) is 17.3 Å². The van der Waals surface area contributed by atoms with Crippen molar-refractivity contribution in [1.29, 1.82) is 0 Å². The van der Waals surface area contributed by atoms with Gasteiger partial charge in [0.15, 0.2) is 0 Å². The molecule has 21 heavy (non-hydrogen) atoms. The number of H-pyrrole nitrogens is 1. The SMILES string of the molecule is Cc1ccc(NC(=O)c2cc3c(F)cccc3[nH]2)c(O)c1. The second-order valence-corrected chi connectivity index (χ2v) is 4.86. The highest BCUT2D eigenvalue weighted by Gasteiger charge is 2.13. The van der Waals surface area contributed by atoms with Crippen LogP contribution in [-0.4, -0.2) is 16.0 Å². The Morgan fingerprint density at radius 3 is 2.76 bits per heavy atom. The summed E-state index contributed by atoms with van der Waals surface area (Å²) in [4.78, 5) is 15.0. The summed E-state index contributed by atoms with van der Waals surface area (Å²) < 4.78 is 13.6. The summed E-state index contributed by atoms with van der Waals surface area (Å²) in [6, 6.07) is 11.0. The number of aromatic hydroxyl groups is 1. The van der Waals surface area contributed by atoms with Gasteiger partial charge in [0.25, 0.3) is 5.91 Å². The van der Waals surface area contributed by atoms with Gasteiger partial charge < -0.3 is 15.4 Å². The first kappa shape index (κ1) is 13.2. The van der Waals surface area contributed by atoms with Gasteiger partial charge in [-0.1, -0.05) is 12.1 Å². The molecule has 3 N–H and O–H groups in total. The molecular weight excluding hydrogens is 271 g/mol. The molecule has 0 spiro atoms. The zero-order chi connectivity index (χ0) is 15.0. The van der Waals surface area contributed by atoms with Crippen molar-refractivity contribution < 1.29 is 14.3 Å². The Labute approximate surface area is 120 Å². The van der Waals surface area contributed by atoms with Gasteiger partial charge in [0.2, 0.25) is 0 Å². The molecule has 106 valence electrons. The molecule has 1 amide bonds. The third-order valence-corrected chi connectivity index (χ3v) is 3.26. The molecule has 1 aromatic heterocycles. The standard InChI is InChI=1S/C16H13FN2O2/c1-9-5-6-13(15(20)7-9)19-16(21)14-8-10-11(17)3-2-4-12(10)18-14/h2-8,18,20H,1H3,(H,19,21). The number of aromatic amines is 1. The Bertz CT molecular complexity index is 839. The molecule has 3 rings (SSSR count). The van der Waals surface area contributed by atoms with Crippen molar-refractivity contribution in [3.05, 3.63) is 59.5 Å². The molecule has 0 saturated carbocycles. The van der Waals surface area contributed by atoms with Gasteiger partial charge in [0, 0.05) is 10.9 Å². The van der Waals surface area contributed by atoms with Crippen molar-refractivity contribution in [2.75, 3.05) is 5.32 Å². The van der Waals surface area contributed by atoms with Crippen LogP contribution in [0, 0.1) is 12.7 Å². The molecule has 0 aliphatic heterocycles. The predicted octanol–water partition coefficient (Wildman–Crippen LogP) is 3.57. The normalized spacial score (nSPS) is 10.8. The van der Waals surface area contributed by atoms with E-state index in [1.54, 1.807) is 30.3 Å². The van der Waals surface area contributed by atoms with Gasteiger partial charge >= 0.3 is 0 Å². The summed E-state index contributed by atoms with van der Waals surface area (Å²) in [5.41, 5.74) is 1.98. The maximum atomic E-state index is 13.6. The topological polar surface area (TPSA) is 65.1 Å². The first-order chi connectivity index (χ1) is 10.0. The van der Waals surface area contributed by atoms with Gasteiger partial charge in [-0.2, -0.15) is 0 Å². The second-order valence-electron chi connectivity index (χ2n) is 4.86. The summed E-state index contributed by atoms with van der Waals surface area (Å²) in [5.74, 6) is -0.837. The number of hydrogen-bond acceptors (Lipinski definition) is 2. The lowest BCUT2D eigenvalue weighted by Gasteiger charge is -2.06. The Morgan fingerprint density at radius 1 is 1.24 bits per heavy atom. The first-order valence-corrected chi connectivity index (χ1v) is 6.43. The number of phenolic OH excluding ortho intramolecular Hbond substituents is 1. The second kappa shape index (κ2) is 4.94. The number of anilines is 1. The molecule has 0 aliphatic rings. The Hall–Kier alpha value is -2.82. The number of fused-ring (bicyclic) bond motifs is 1. The molecule has 4 nitrogen and oxygen atoms in total. The number of amides is 1. The van der Waals surface area contributed by atoms with Gasteiger partial charge in [-0.05, 0) is 42.8 Å². The molecule has 5 heteroatoms. The van der Waals surface area contributed by atoms with Gasteiger partial charge in [0.05, 0.1) is 5.69 Å². The highest BCUT2D eigenvalue weighted by Crippen LogP contribution is 2.25. The number of aryl methyl sites for hydroxylation is 1. The van der Waals surface area contributed by atoms with Crippen LogP contribution in [0.15, 0.2) is 42.5 Å². The van der Waals surface area contributed by atoms with E-state index in [1.807, 2.05) is 6.92 Å². The summed E-state index contributed by atoms with van der Waals surface area (Å²) in [7, 11) is 0. The minimum atomic E-state index is -0.440. The molecule has 0 atom stereocenters. The number of aromatic nitrogens is 1. The Morgan fingerprint density at radius 2 is 2.05 bits per heavy atom. The molecular formula is C16H13FN2O2. The minimum Gasteiger partial charge on any atom is -0.506 e. The lowest BCUT2D eigenvalue weighted by molar-refractivity contribution is 0.102. The van der Waals surface area contributed by atoms with E-state index in [2.05, 4.69) is 10.3 Å². The summed E-state index contributed by atoms with van der Waals surface area (Å²) in [5, 5.41) is 12.7. The number of rotatable bonds is 2. The van der Waals surface area contributed by atoms with Crippen LogP contribution < -0.4 is 5.32 Å². The third kappa shape index (κ3) is 2.45. The molecule has 2 aromatic carbocycles. The number of benzene rings is 2. The molecule has 1 heterocycles. The third-order valence-electron chi connectivity index (χ3n) is 3.26. The number of nitrogens with one attached hydrogen (secondary N) is 2. The van der Waals surface area contributed by atoms with Crippen LogP contribution in [0.25, 0.3) is 10.9 Å². The van der Waals surface area contributed by atoms with Crippen molar-refractivity contribution in [3.8, 4) is 5.75 Å². The van der Waals surface area contributed by atoms with E-state index in [1.165, 1.54) is 12.1 Å². The van der Waals surface area contributed by atoms with Crippen LogP contribution in [0.5, 0.6) is 5.75 Å². The van der Waals surface area contributed by atoms with E-state index in [9.17, 15) is 14.3 Å². The molecule has 0 radical (unpaired) electrons. The van der Waals surface area contributed by atoms with Gasteiger partial charge in [-0.15, -0.1) is 0 Å². The van der Waals surface area contributed by atoms with E-state index in [0.717, 1.165) is 5.56 Å². The van der Waals surface area contributed by atoms with E-state index in [0.29, 0.717) is 16.6 Å². The fraction of sp³-hybridized carbons (Fsp3) is 0.0625. The highest BCUT2D eigenvalue weighted by atomic mass is 19.1. The Kier molecular flexibility index (Phi) is 3.10. The number of halogens is 1. The van der Waals surface area contributed by atoms with Gasteiger partial charge in [-0.3, -0.25) is 4.79 Å². The molecule has 3 aromatic rings. The number of carbonyl (C=O) groups excluding carboxylic acids is 1. The van der Waals surface area contributed by atoms with Gasteiger partial charge in [-0.25, -0.2) is 4.39 Å². The fourth-order valence-corrected chi connectivity index (χ4v) is 2.18. The van der Waals surface area contributed by atoms with Crippen LogP contribution in [0.1, 0.15) is 16.1 Å². The van der Waals surface area contributed by atoms with Crippen LogP contribution in [0.3, 0.4) is 0 Å². The van der Waals surface area contributed by atoms with Crippen LogP contribution in [0.2, 0.25) is 0 Å². The molecule has 0 saturated heterocycles. The van der Waals surface area contributed by atoms with Crippen LogP contribution >= 0.6 is 0 Å². The summed E-state index contributed by atoms with van der Waals surface area (Å²) in [6.07, 6.45) is 0. The zero-order valence-electron chi connectivity index (χ0n) is 11.3.